The van der Waals surface area contributed by atoms with Crippen molar-refractivity contribution in [2.75, 3.05) is 0 Å². The van der Waals surface area contributed by atoms with E-state index in [1.165, 1.54) is 30.0 Å². The SMILES string of the molecule is CC1(C)c2ccc(-c3ncc(-c4nc(C5CCCCC5)nc(C5CCCCC5)n4)c4nc(C(F)(F)F)ccc34)cc2C(C)(C)C1(C)C. The van der Waals surface area contributed by atoms with Gasteiger partial charge in [-0.25, -0.2) is 19.9 Å². The van der Waals surface area contributed by atoms with E-state index in [4.69, 9.17) is 19.9 Å². The first-order valence-corrected chi connectivity index (χ1v) is 17.5. The van der Waals surface area contributed by atoms with Crippen LogP contribution >= 0.6 is 0 Å². The van der Waals surface area contributed by atoms with Crippen LogP contribution in [0.4, 0.5) is 13.2 Å². The van der Waals surface area contributed by atoms with Gasteiger partial charge in [0.1, 0.15) is 17.3 Å². The fraction of sp³-hybridized carbons (Fsp3) is 0.564. The molecule has 0 bridgehead atoms. The highest BCUT2D eigenvalue weighted by atomic mass is 19.4. The zero-order chi connectivity index (χ0) is 33.4. The Kier molecular flexibility index (Phi) is 7.75. The lowest BCUT2D eigenvalue weighted by atomic mass is 9.59. The van der Waals surface area contributed by atoms with Crippen molar-refractivity contribution in [3.8, 4) is 22.6 Å². The number of aromatic nitrogens is 5. The van der Waals surface area contributed by atoms with E-state index in [0.29, 0.717) is 22.5 Å². The number of halogens is 3. The van der Waals surface area contributed by atoms with Crippen LogP contribution < -0.4 is 0 Å². The van der Waals surface area contributed by atoms with Crippen LogP contribution in [0.3, 0.4) is 0 Å². The Balaban J connectivity index is 1.42. The van der Waals surface area contributed by atoms with Crippen LogP contribution in [0.15, 0.2) is 36.5 Å². The summed E-state index contributed by atoms with van der Waals surface area (Å²) in [5.74, 6) is 2.38. The molecule has 0 N–H and O–H groups in total. The van der Waals surface area contributed by atoms with Crippen LogP contribution in [0.5, 0.6) is 0 Å². The molecule has 47 heavy (non-hydrogen) atoms. The van der Waals surface area contributed by atoms with Crippen LogP contribution in [0, 0.1) is 5.41 Å². The highest BCUT2D eigenvalue weighted by Crippen LogP contribution is 2.61. The summed E-state index contributed by atoms with van der Waals surface area (Å²) in [5, 5.41) is 0.559. The standard InChI is InChI=1S/C39H46F3N5/c1-36(2)28-19-17-25(21-29(28)37(3,4)38(36,5)6)31-26-18-20-30(39(40,41)42)44-32(26)27(22-43-31)35-46-33(23-13-9-7-10-14-23)45-34(47-35)24-15-11-8-12-16-24/h17-24H,7-16H2,1-6H3. The van der Waals surface area contributed by atoms with Gasteiger partial charge in [0.25, 0.3) is 0 Å². The molecule has 3 heterocycles. The molecular formula is C39H46F3N5. The average molecular weight is 642 g/mol. The molecule has 2 saturated carbocycles. The molecule has 0 aliphatic heterocycles. The Hall–Kier alpha value is -3.42. The summed E-state index contributed by atoms with van der Waals surface area (Å²) in [6.45, 7) is 13.8. The smallest absolute Gasteiger partial charge is 0.255 e. The van der Waals surface area contributed by atoms with Gasteiger partial charge >= 0.3 is 6.18 Å². The second kappa shape index (κ2) is 11.3. The molecule has 0 atom stereocenters. The maximum Gasteiger partial charge on any atom is 0.433 e. The van der Waals surface area contributed by atoms with Crippen LogP contribution in [0.25, 0.3) is 33.5 Å². The molecule has 4 aromatic rings. The molecule has 2 fully saturated rings. The van der Waals surface area contributed by atoms with Crippen LogP contribution in [-0.2, 0) is 17.0 Å². The number of hydrogen-bond donors (Lipinski definition) is 0. The van der Waals surface area contributed by atoms with E-state index in [1.54, 1.807) is 6.20 Å². The highest BCUT2D eigenvalue weighted by Gasteiger charge is 2.56. The Morgan fingerprint density at radius 3 is 1.81 bits per heavy atom. The Bertz CT molecular complexity index is 1790. The summed E-state index contributed by atoms with van der Waals surface area (Å²) < 4.78 is 42.4. The fourth-order valence-electron chi connectivity index (χ4n) is 8.49. The third-order valence-corrected chi connectivity index (χ3v) is 12.6. The normalized spacial score (nSPS) is 21.2. The van der Waals surface area contributed by atoms with Crippen LogP contribution in [0.1, 0.15) is 146 Å². The topological polar surface area (TPSA) is 64.5 Å². The molecule has 3 aliphatic carbocycles. The molecule has 0 amide bonds. The first-order valence-electron chi connectivity index (χ1n) is 17.5. The summed E-state index contributed by atoms with van der Waals surface area (Å²) in [7, 11) is 0. The molecule has 3 aromatic heterocycles. The minimum atomic E-state index is -4.59. The van der Waals surface area contributed by atoms with Gasteiger partial charge in [0, 0.05) is 29.0 Å². The maximum absolute atomic E-state index is 14.1. The van der Waals surface area contributed by atoms with E-state index >= 15 is 0 Å². The maximum atomic E-state index is 14.1. The molecule has 7 rings (SSSR count). The molecule has 1 aromatic carbocycles. The van der Waals surface area contributed by atoms with Crippen LogP contribution in [0.2, 0.25) is 0 Å². The summed E-state index contributed by atoms with van der Waals surface area (Å²) in [6.07, 6.45) is 8.06. The predicted octanol–water partition coefficient (Wildman–Crippen LogP) is 10.9. The van der Waals surface area contributed by atoms with Gasteiger partial charge in [0.2, 0.25) is 0 Å². The molecule has 8 heteroatoms. The number of fused-ring (bicyclic) bond motifs is 2. The third kappa shape index (κ3) is 5.25. The number of rotatable bonds is 4. The third-order valence-electron chi connectivity index (χ3n) is 12.6. The summed E-state index contributed by atoms with van der Waals surface area (Å²) in [6, 6.07) is 9.02. The lowest BCUT2D eigenvalue weighted by molar-refractivity contribution is -0.140. The van der Waals surface area contributed by atoms with Crippen molar-refractivity contribution in [2.45, 2.75) is 135 Å². The minimum Gasteiger partial charge on any atom is -0.255 e. The van der Waals surface area contributed by atoms with Crippen molar-refractivity contribution in [1.29, 1.82) is 0 Å². The number of pyridine rings is 2. The molecule has 0 spiro atoms. The monoisotopic (exact) mass is 641 g/mol. The lowest BCUT2D eigenvalue weighted by Crippen LogP contribution is -2.42. The van der Waals surface area contributed by atoms with E-state index in [-0.39, 0.29) is 33.6 Å². The molecule has 248 valence electrons. The number of benzene rings is 1. The Morgan fingerprint density at radius 1 is 0.660 bits per heavy atom. The Morgan fingerprint density at radius 2 is 1.23 bits per heavy atom. The fourth-order valence-corrected chi connectivity index (χ4v) is 8.49. The van der Waals surface area contributed by atoms with E-state index in [9.17, 15) is 13.2 Å². The highest BCUT2D eigenvalue weighted by molar-refractivity contribution is 6.00. The lowest BCUT2D eigenvalue weighted by Gasteiger charge is -2.44. The first-order chi connectivity index (χ1) is 22.2. The molecular weight excluding hydrogens is 595 g/mol. The van der Waals surface area contributed by atoms with E-state index in [0.717, 1.165) is 74.6 Å². The second-order valence-electron chi connectivity index (χ2n) is 15.8. The predicted molar refractivity (Wildman–Crippen MR) is 180 cm³/mol. The Labute approximate surface area is 276 Å². The van der Waals surface area contributed by atoms with E-state index in [2.05, 4.69) is 64.7 Å². The molecule has 0 unspecified atom stereocenters. The second-order valence-corrected chi connectivity index (χ2v) is 15.8. The minimum absolute atomic E-state index is 0.0196. The van der Waals surface area contributed by atoms with E-state index < -0.39 is 11.9 Å². The zero-order valence-corrected chi connectivity index (χ0v) is 28.6. The summed E-state index contributed by atoms with van der Waals surface area (Å²) >= 11 is 0. The van der Waals surface area contributed by atoms with Gasteiger partial charge in [0.05, 0.1) is 16.8 Å². The van der Waals surface area contributed by atoms with Crippen molar-refractivity contribution in [2.24, 2.45) is 5.41 Å². The molecule has 5 nitrogen and oxygen atoms in total. The molecule has 0 saturated heterocycles. The zero-order valence-electron chi connectivity index (χ0n) is 28.6. The quantitative estimate of drug-likeness (QED) is 0.222. The van der Waals surface area contributed by atoms with Crippen molar-refractivity contribution >= 4 is 10.9 Å². The van der Waals surface area contributed by atoms with Crippen LogP contribution in [-0.4, -0.2) is 24.9 Å². The number of nitrogens with zero attached hydrogens (tertiary/aromatic N) is 5. The van der Waals surface area contributed by atoms with Gasteiger partial charge < -0.3 is 0 Å². The van der Waals surface area contributed by atoms with Gasteiger partial charge in [-0.1, -0.05) is 92.2 Å². The van der Waals surface area contributed by atoms with Gasteiger partial charge in [0.15, 0.2) is 5.82 Å². The van der Waals surface area contributed by atoms with Crippen molar-refractivity contribution in [1.82, 2.24) is 24.9 Å². The summed E-state index contributed by atoms with van der Waals surface area (Å²) in [4.78, 5) is 24.2. The van der Waals surface area contributed by atoms with Crippen molar-refractivity contribution < 1.29 is 13.2 Å². The van der Waals surface area contributed by atoms with Gasteiger partial charge in [-0.3, -0.25) is 4.98 Å². The largest absolute Gasteiger partial charge is 0.433 e. The first kappa shape index (κ1) is 32.1. The van der Waals surface area contributed by atoms with Crippen molar-refractivity contribution in [3.05, 3.63) is 65.0 Å². The number of hydrogen-bond acceptors (Lipinski definition) is 5. The molecule has 3 aliphatic rings. The summed E-state index contributed by atoms with van der Waals surface area (Å²) in [5.41, 5.74) is 3.53. The van der Waals surface area contributed by atoms with Gasteiger partial charge in [-0.15, -0.1) is 0 Å². The molecule has 0 radical (unpaired) electrons. The van der Waals surface area contributed by atoms with Gasteiger partial charge in [-0.05, 0) is 71.3 Å². The van der Waals surface area contributed by atoms with Gasteiger partial charge in [-0.2, -0.15) is 13.2 Å². The number of alkyl halides is 3. The van der Waals surface area contributed by atoms with E-state index in [1.807, 2.05) is 0 Å². The van der Waals surface area contributed by atoms with Crippen molar-refractivity contribution in [3.63, 3.8) is 0 Å². The average Bonchev–Trinajstić information content (AvgIpc) is 3.17.